The van der Waals surface area contributed by atoms with Crippen LogP contribution in [0.25, 0.3) is 11.3 Å². The topological polar surface area (TPSA) is 125 Å². The van der Waals surface area contributed by atoms with Crippen LogP contribution in [0.1, 0.15) is 59.0 Å². The van der Waals surface area contributed by atoms with Crippen LogP contribution in [0.4, 0.5) is 16.2 Å². The van der Waals surface area contributed by atoms with E-state index in [-0.39, 0.29) is 23.4 Å². The summed E-state index contributed by atoms with van der Waals surface area (Å²) in [6, 6.07) is 10.4. The van der Waals surface area contributed by atoms with Gasteiger partial charge in [-0.3, -0.25) is 14.9 Å². The lowest BCUT2D eigenvalue weighted by atomic mass is 10.1. The maximum Gasteiger partial charge on any atom is 0.411 e. The molecule has 2 aromatic carbocycles. The Labute approximate surface area is 225 Å². The summed E-state index contributed by atoms with van der Waals surface area (Å²) in [6.45, 7) is 0. The molecule has 0 saturated carbocycles. The Balaban J connectivity index is 1.48. The number of ether oxygens (including phenoxy) is 1. The van der Waals surface area contributed by atoms with Crippen LogP contribution in [-0.2, 0) is 22.4 Å². The number of aromatic nitrogens is 2. The smallest absolute Gasteiger partial charge is 0.411 e. The summed E-state index contributed by atoms with van der Waals surface area (Å²) >= 11 is 6.59. The molecule has 2 aliphatic rings. The van der Waals surface area contributed by atoms with Crippen molar-refractivity contribution in [3.8, 4) is 11.3 Å². The average molecular weight is 534 g/mol. The largest absolute Gasteiger partial charge is 0.453 e. The van der Waals surface area contributed by atoms with Crippen molar-refractivity contribution in [1.29, 1.82) is 0 Å². The lowest BCUT2D eigenvalue weighted by molar-refractivity contribution is -0.116. The number of nitrogens with one attached hydrogen (secondary N) is 4. The molecule has 1 aliphatic carbocycles. The van der Waals surface area contributed by atoms with Gasteiger partial charge in [0, 0.05) is 23.2 Å². The van der Waals surface area contributed by atoms with Crippen LogP contribution in [0.15, 0.2) is 48.6 Å². The molecular weight excluding hydrogens is 506 g/mol. The number of carbonyl (C=O) groups excluding carboxylic acids is 3. The van der Waals surface area contributed by atoms with Crippen molar-refractivity contribution >= 4 is 40.9 Å². The van der Waals surface area contributed by atoms with E-state index in [2.05, 4.69) is 25.7 Å². The molecule has 0 saturated heterocycles. The molecule has 0 spiro atoms. The van der Waals surface area contributed by atoms with Gasteiger partial charge in [0.1, 0.15) is 16.7 Å². The van der Waals surface area contributed by atoms with Crippen LogP contribution in [0.2, 0.25) is 5.15 Å². The summed E-state index contributed by atoms with van der Waals surface area (Å²) in [5.41, 5.74) is 5.00. The van der Waals surface area contributed by atoms with Crippen molar-refractivity contribution in [3.63, 3.8) is 0 Å². The zero-order valence-corrected chi connectivity index (χ0v) is 21.7. The van der Waals surface area contributed by atoms with Gasteiger partial charge in [-0.2, -0.15) is 0 Å². The predicted octanol–water partition coefficient (Wildman–Crippen LogP) is 5.55. The van der Waals surface area contributed by atoms with Gasteiger partial charge >= 0.3 is 6.09 Å². The number of H-pyrrole nitrogens is 1. The number of methoxy groups -OCH3 is 1. The van der Waals surface area contributed by atoms with Crippen molar-refractivity contribution in [3.05, 3.63) is 76.2 Å². The predicted molar refractivity (Wildman–Crippen MR) is 145 cm³/mol. The van der Waals surface area contributed by atoms with Crippen LogP contribution < -0.4 is 16.0 Å². The maximum atomic E-state index is 13.2. The van der Waals surface area contributed by atoms with Crippen LogP contribution in [-0.4, -0.2) is 35.0 Å². The molecule has 1 aromatic heterocycles. The number of hydrogen-bond acceptors (Lipinski definition) is 5. The van der Waals surface area contributed by atoms with E-state index >= 15 is 0 Å². The van der Waals surface area contributed by atoms with Crippen molar-refractivity contribution < 1.29 is 19.1 Å². The summed E-state index contributed by atoms with van der Waals surface area (Å²) in [5, 5.41) is 8.86. The van der Waals surface area contributed by atoms with Gasteiger partial charge in [0.05, 0.1) is 18.8 Å². The van der Waals surface area contributed by atoms with Crippen molar-refractivity contribution in [2.45, 2.75) is 44.6 Å². The molecular formula is C28H28ClN5O4. The van der Waals surface area contributed by atoms with Gasteiger partial charge in [-0.1, -0.05) is 29.8 Å². The molecule has 3 aromatic rings. The van der Waals surface area contributed by atoms with Gasteiger partial charge < -0.3 is 20.4 Å². The minimum absolute atomic E-state index is 0.188. The lowest BCUT2D eigenvalue weighted by Gasteiger charge is -2.16. The number of benzene rings is 2. The number of fused-ring (bicyclic) bond motifs is 5. The highest BCUT2D eigenvalue weighted by molar-refractivity contribution is 6.32. The van der Waals surface area contributed by atoms with Gasteiger partial charge in [-0.25, -0.2) is 9.78 Å². The summed E-state index contributed by atoms with van der Waals surface area (Å²) in [4.78, 5) is 45.4. The van der Waals surface area contributed by atoms with Gasteiger partial charge in [-0.05, 0) is 73.6 Å². The molecule has 5 rings (SSSR count). The Hall–Kier alpha value is -4.11. The zero-order valence-electron chi connectivity index (χ0n) is 20.9. The lowest BCUT2D eigenvalue weighted by Crippen LogP contribution is -2.29. The normalized spacial score (nSPS) is 17.5. The number of aryl methyl sites for hydroxylation is 2. The van der Waals surface area contributed by atoms with Crippen LogP contribution in [0.3, 0.4) is 0 Å². The molecule has 0 radical (unpaired) electrons. The van der Waals surface area contributed by atoms with E-state index in [0.29, 0.717) is 46.9 Å². The monoisotopic (exact) mass is 533 g/mol. The average Bonchev–Trinajstić information content (AvgIpc) is 3.53. The quantitative estimate of drug-likeness (QED) is 0.329. The second kappa shape index (κ2) is 11.1. The first-order chi connectivity index (χ1) is 18.4. The summed E-state index contributed by atoms with van der Waals surface area (Å²) in [6.07, 6.45) is 7.62. The summed E-state index contributed by atoms with van der Waals surface area (Å²) in [5.74, 6) is 0.114. The molecule has 10 heteroatoms. The molecule has 1 atom stereocenters. The first kappa shape index (κ1) is 25.5. The maximum absolute atomic E-state index is 13.2. The molecule has 196 valence electrons. The van der Waals surface area contributed by atoms with Gasteiger partial charge in [0.15, 0.2) is 0 Å². The Morgan fingerprint density at radius 2 is 1.92 bits per heavy atom. The SMILES string of the molecule is COC(=O)Nc1ccc2c(c1)NC(=O)CC/C=C/C[C@H](NC(=O)c1ccc3c(c1)CCC3)c1nc-2c(Cl)[nH]1. The minimum Gasteiger partial charge on any atom is -0.453 e. The number of imidazole rings is 1. The Bertz CT molecular complexity index is 1430. The fourth-order valence-electron chi connectivity index (χ4n) is 4.78. The number of anilines is 2. The third-order valence-electron chi connectivity index (χ3n) is 6.73. The number of rotatable bonds is 3. The molecule has 2 bridgehead atoms. The molecule has 1 aliphatic heterocycles. The third-order valence-corrected chi connectivity index (χ3v) is 7.00. The number of aromatic amines is 1. The number of carbonyl (C=O) groups is 3. The molecule has 38 heavy (non-hydrogen) atoms. The number of hydrogen-bond donors (Lipinski definition) is 4. The standard InChI is InChI=1S/C28H28ClN5O4/c1-38-28(37)30-19-12-13-20-22(15-19)31-23(35)9-4-2-3-8-21(26-33-24(20)25(29)34-26)32-27(36)18-11-10-16-6-5-7-17(16)14-18/h2-3,10-15,21H,4-9H2,1H3,(H,30,37)(H,31,35)(H,32,36)(H,33,34)/b3-2+/t21-/m0/s1. The second-order valence-electron chi connectivity index (χ2n) is 9.32. The van der Waals surface area contributed by atoms with Crippen molar-refractivity contribution in [2.75, 3.05) is 17.7 Å². The van der Waals surface area contributed by atoms with Gasteiger partial charge in [-0.15, -0.1) is 0 Å². The van der Waals surface area contributed by atoms with E-state index in [1.165, 1.54) is 18.2 Å². The fraction of sp³-hybridized carbons (Fsp3) is 0.286. The number of nitrogens with zero attached hydrogens (tertiary/aromatic N) is 1. The summed E-state index contributed by atoms with van der Waals surface area (Å²) < 4.78 is 4.67. The van der Waals surface area contributed by atoms with E-state index < -0.39 is 12.1 Å². The zero-order chi connectivity index (χ0) is 26.6. The first-order valence-electron chi connectivity index (χ1n) is 12.5. The first-order valence-corrected chi connectivity index (χ1v) is 12.9. The van der Waals surface area contributed by atoms with E-state index in [1.54, 1.807) is 18.2 Å². The van der Waals surface area contributed by atoms with Crippen LogP contribution in [0, 0.1) is 0 Å². The van der Waals surface area contributed by atoms with Crippen molar-refractivity contribution in [2.24, 2.45) is 0 Å². The molecule has 0 fully saturated rings. The Morgan fingerprint density at radius 3 is 2.76 bits per heavy atom. The highest BCUT2D eigenvalue weighted by Gasteiger charge is 2.24. The van der Waals surface area contributed by atoms with E-state index in [4.69, 9.17) is 16.6 Å². The van der Waals surface area contributed by atoms with Crippen LogP contribution >= 0.6 is 11.6 Å². The molecule has 9 nitrogen and oxygen atoms in total. The molecule has 4 N–H and O–H groups in total. The van der Waals surface area contributed by atoms with E-state index in [1.807, 2.05) is 30.4 Å². The number of halogens is 1. The molecule has 3 amide bonds. The third kappa shape index (κ3) is 5.57. The van der Waals surface area contributed by atoms with E-state index in [0.717, 1.165) is 19.3 Å². The van der Waals surface area contributed by atoms with Gasteiger partial charge in [0.2, 0.25) is 5.91 Å². The van der Waals surface area contributed by atoms with Crippen molar-refractivity contribution in [1.82, 2.24) is 15.3 Å². The van der Waals surface area contributed by atoms with Crippen LogP contribution in [0.5, 0.6) is 0 Å². The number of allylic oxidation sites excluding steroid dienone is 1. The molecule has 0 unspecified atom stereocenters. The Morgan fingerprint density at radius 1 is 1.08 bits per heavy atom. The highest BCUT2D eigenvalue weighted by Crippen LogP contribution is 2.36. The number of amides is 3. The summed E-state index contributed by atoms with van der Waals surface area (Å²) in [7, 11) is 1.27. The minimum atomic E-state index is -0.631. The second-order valence-corrected chi connectivity index (χ2v) is 9.70. The van der Waals surface area contributed by atoms with E-state index in [9.17, 15) is 14.4 Å². The highest BCUT2D eigenvalue weighted by atomic mass is 35.5. The molecule has 2 heterocycles. The fourth-order valence-corrected chi connectivity index (χ4v) is 5.03. The Kier molecular flexibility index (Phi) is 7.46. The van der Waals surface area contributed by atoms with Gasteiger partial charge in [0.25, 0.3) is 5.91 Å².